The minimum absolute atomic E-state index is 0.131. The molecule has 0 saturated carbocycles. The number of carbonyl (C=O) groups is 1. The van der Waals surface area contributed by atoms with Crippen LogP contribution in [0.15, 0.2) is 35.7 Å². The van der Waals surface area contributed by atoms with Gasteiger partial charge < -0.3 is 15.5 Å². The van der Waals surface area contributed by atoms with Crippen LogP contribution in [0, 0.1) is 0 Å². The van der Waals surface area contributed by atoms with E-state index in [9.17, 15) is 4.79 Å². The van der Waals surface area contributed by atoms with Gasteiger partial charge in [-0.3, -0.25) is 0 Å². The number of hydrogen-bond acceptors (Lipinski definition) is 3. The number of hydrogen-bond donors (Lipinski definition) is 2. The lowest BCUT2D eigenvalue weighted by molar-refractivity contribution is 0.244. The minimum atomic E-state index is -0.298. The van der Waals surface area contributed by atoms with Crippen molar-refractivity contribution in [3.8, 4) is 0 Å². The Kier molecular flexibility index (Phi) is 6.08. The fraction of sp³-hybridized carbons (Fsp3) is 0.267. The van der Waals surface area contributed by atoms with Crippen LogP contribution in [0.1, 0.15) is 10.9 Å². The van der Waals surface area contributed by atoms with Crippen LogP contribution in [-0.2, 0) is 0 Å². The van der Waals surface area contributed by atoms with Gasteiger partial charge in [-0.1, -0.05) is 29.3 Å². The molecule has 2 amide bonds. The predicted molar refractivity (Wildman–Crippen MR) is 94.2 cm³/mol. The van der Waals surface area contributed by atoms with Crippen molar-refractivity contribution in [1.29, 1.82) is 0 Å². The van der Waals surface area contributed by atoms with Gasteiger partial charge in [0, 0.05) is 16.4 Å². The zero-order valence-electron chi connectivity index (χ0n) is 12.3. The third-order valence-corrected chi connectivity index (χ3v) is 4.65. The number of nitrogens with one attached hydrogen (secondary N) is 2. The summed E-state index contributed by atoms with van der Waals surface area (Å²) < 4.78 is 0. The fourth-order valence-electron chi connectivity index (χ4n) is 1.97. The molecule has 118 valence electrons. The number of nitrogens with zero attached hydrogens (tertiary/aromatic N) is 1. The lowest BCUT2D eigenvalue weighted by Crippen LogP contribution is -2.36. The molecule has 2 N–H and O–H groups in total. The summed E-state index contributed by atoms with van der Waals surface area (Å²) in [5, 5.41) is 8.55. The molecular formula is C15H17Cl2N3OS. The number of urea groups is 1. The van der Waals surface area contributed by atoms with Gasteiger partial charge in [0.1, 0.15) is 0 Å². The van der Waals surface area contributed by atoms with Crippen LogP contribution < -0.4 is 10.6 Å². The molecule has 0 spiro atoms. The van der Waals surface area contributed by atoms with Gasteiger partial charge in [-0.05, 0) is 43.7 Å². The highest BCUT2D eigenvalue weighted by atomic mass is 35.5. The maximum absolute atomic E-state index is 12.0. The van der Waals surface area contributed by atoms with Crippen molar-refractivity contribution < 1.29 is 4.79 Å². The summed E-state index contributed by atoms with van der Waals surface area (Å²) in [5.74, 6) is 0. The maximum Gasteiger partial charge on any atom is 0.319 e. The Bertz CT molecular complexity index is 632. The summed E-state index contributed by atoms with van der Waals surface area (Å²) in [6.45, 7) is 0.505. The second kappa shape index (κ2) is 7.83. The van der Waals surface area contributed by atoms with Crippen molar-refractivity contribution in [1.82, 2.24) is 10.2 Å². The first-order chi connectivity index (χ1) is 10.5. The Balaban J connectivity index is 1.94. The van der Waals surface area contributed by atoms with Crippen LogP contribution in [0.25, 0.3) is 0 Å². The molecule has 4 nitrogen and oxygen atoms in total. The summed E-state index contributed by atoms with van der Waals surface area (Å²) in [5.41, 5.74) is 0.529. The smallest absolute Gasteiger partial charge is 0.319 e. The molecule has 1 atom stereocenters. The predicted octanol–water partition coefficient (Wildman–Crippen LogP) is 4.48. The van der Waals surface area contributed by atoms with Crippen molar-refractivity contribution >= 4 is 46.3 Å². The monoisotopic (exact) mass is 357 g/mol. The van der Waals surface area contributed by atoms with Crippen molar-refractivity contribution in [3.63, 3.8) is 0 Å². The molecule has 0 aliphatic heterocycles. The molecule has 0 aliphatic carbocycles. The van der Waals surface area contributed by atoms with Crippen molar-refractivity contribution in [3.05, 3.63) is 50.6 Å². The quantitative estimate of drug-likeness (QED) is 0.828. The molecule has 1 unspecified atom stereocenters. The number of anilines is 1. The zero-order valence-corrected chi connectivity index (χ0v) is 14.6. The second-order valence-electron chi connectivity index (χ2n) is 4.95. The molecule has 0 fully saturated rings. The number of rotatable bonds is 5. The van der Waals surface area contributed by atoms with E-state index in [2.05, 4.69) is 21.6 Å². The Labute approximate surface area is 144 Å². The summed E-state index contributed by atoms with van der Waals surface area (Å²) in [4.78, 5) is 15.3. The first-order valence-corrected chi connectivity index (χ1v) is 8.30. The molecule has 0 radical (unpaired) electrons. The molecule has 0 saturated heterocycles. The van der Waals surface area contributed by atoms with Gasteiger partial charge in [0.05, 0.1) is 16.8 Å². The summed E-state index contributed by atoms with van der Waals surface area (Å²) in [7, 11) is 3.97. The largest absolute Gasteiger partial charge is 0.336 e. The van der Waals surface area contributed by atoms with Crippen LogP contribution in [-0.4, -0.2) is 31.6 Å². The van der Waals surface area contributed by atoms with Gasteiger partial charge in [0.2, 0.25) is 0 Å². The third kappa shape index (κ3) is 4.61. The van der Waals surface area contributed by atoms with E-state index >= 15 is 0 Å². The van der Waals surface area contributed by atoms with Gasteiger partial charge in [0.15, 0.2) is 0 Å². The van der Waals surface area contributed by atoms with Crippen LogP contribution in [0.2, 0.25) is 10.0 Å². The number of benzene rings is 1. The molecule has 22 heavy (non-hydrogen) atoms. The van der Waals surface area contributed by atoms with Crippen LogP contribution in [0.5, 0.6) is 0 Å². The van der Waals surface area contributed by atoms with Crippen LogP contribution >= 0.6 is 34.5 Å². The van der Waals surface area contributed by atoms with Gasteiger partial charge in [-0.15, -0.1) is 11.3 Å². The Morgan fingerprint density at radius 2 is 2.09 bits per heavy atom. The summed E-state index contributed by atoms with van der Waals surface area (Å²) in [6.07, 6.45) is 0. The molecule has 0 aliphatic rings. The average molecular weight is 358 g/mol. The van der Waals surface area contributed by atoms with E-state index in [1.807, 2.05) is 25.5 Å². The molecule has 1 aromatic carbocycles. The van der Waals surface area contributed by atoms with E-state index < -0.39 is 0 Å². The van der Waals surface area contributed by atoms with E-state index in [0.29, 0.717) is 22.3 Å². The standard InChI is InChI=1S/C15H17Cl2N3OS/c1-20(2)13(14-4-3-7-22-14)9-18-15(21)19-12-6-5-10(16)8-11(12)17/h3-8,13H,9H2,1-2H3,(H2,18,19,21). The number of thiophene rings is 1. The van der Waals surface area contributed by atoms with E-state index in [1.165, 1.54) is 4.88 Å². The molecule has 1 heterocycles. The number of likely N-dealkylation sites (N-methyl/N-ethyl adjacent to an activating group) is 1. The zero-order chi connectivity index (χ0) is 16.1. The van der Waals surface area contributed by atoms with Gasteiger partial charge in [-0.25, -0.2) is 4.79 Å². The number of carbonyl (C=O) groups excluding carboxylic acids is 1. The van der Waals surface area contributed by atoms with Crippen LogP contribution in [0.3, 0.4) is 0 Å². The fourth-order valence-corrected chi connectivity index (χ4v) is 3.34. The Morgan fingerprint density at radius 1 is 1.32 bits per heavy atom. The second-order valence-corrected chi connectivity index (χ2v) is 6.78. The van der Waals surface area contributed by atoms with E-state index in [1.54, 1.807) is 29.5 Å². The molecule has 0 bridgehead atoms. The highest BCUT2D eigenvalue weighted by molar-refractivity contribution is 7.10. The SMILES string of the molecule is CN(C)C(CNC(=O)Nc1ccc(Cl)cc1Cl)c1cccs1. The lowest BCUT2D eigenvalue weighted by atomic mass is 10.2. The van der Waals surface area contributed by atoms with Gasteiger partial charge in [-0.2, -0.15) is 0 Å². The Hall–Kier alpha value is -1.27. The third-order valence-electron chi connectivity index (χ3n) is 3.13. The molecule has 2 rings (SSSR count). The average Bonchev–Trinajstić information content (AvgIpc) is 2.96. The van der Waals surface area contributed by atoms with Crippen molar-refractivity contribution in [2.75, 3.05) is 26.0 Å². The topological polar surface area (TPSA) is 44.4 Å². The number of halogens is 2. The molecular weight excluding hydrogens is 341 g/mol. The minimum Gasteiger partial charge on any atom is -0.336 e. The Morgan fingerprint density at radius 3 is 2.68 bits per heavy atom. The molecule has 7 heteroatoms. The van der Waals surface area contributed by atoms with Crippen molar-refractivity contribution in [2.45, 2.75) is 6.04 Å². The van der Waals surface area contributed by atoms with Gasteiger partial charge >= 0.3 is 6.03 Å². The molecule has 1 aromatic heterocycles. The summed E-state index contributed by atoms with van der Waals surface area (Å²) in [6, 6.07) is 8.84. The highest BCUT2D eigenvalue weighted by Gasteiger charge is 2.16. The van der Waals surface area contributed by atoms with Crippen molar-refractivity contribution in [2.24, 2.45) is 0 Å². The summed E-state index contributed by atoms with van der Waals surface area (Å²) >= 11 is 13.5. The maximum atomic E-state index is 12.0. The normalized spacial score (nSPS) is 12.2. The van der Waals surface area contributed by atoms with E-state index in [0.717, 1.165) is 0 Å². The molecule has 2 aromatic rings. The first kappa shape index (κ1) is 17.1. The highest BCUT2D eigenvalue weighted by Crippen LogP contribution is 2.25. The van der Waals surface area contributed by atoms with E-state index in [4.69, 9.17) is 23.2 Å². The van der Waals surface area contributed by atoms with E-state index in [-0.39, 0.29) is 12.1 Å². The number of amides is 2. The van der Waals surface area contributed by atoms with Gasteiger partial charge in [0.25, 0.3) is 0 Å². The van der Waals surface area contributed by atoms with Crippen LogP contribution in [0.4, 0.5) is 10.5 Å². The lowest BCUT2D eigenvalue weighted by Gasteiger charge is -2.23. The first-order valence-electron chi connectivity index (χ1n) is 6.67.